The monoisotopic (exact) mass is 343 g/mol. The van der Waals surface area contributed by atoms with Crippen LogP contribution in [0.3, 0.4) is 0 Å². The third-order valence-electron chi connectivity index (χ3n) is 2.89. The zero-order valence-electron chi connectivity index (χ0n) is 11.0. The van der Waals surface area contributed by atoms with E-state index in [4.69, 9.17) is 16.3 Å². The van der Waals surface area contributed by atoms with E-state index in [1.54, 1.807) is 11.8 Å². The second-order valence-corrected chi connectivity index (χ2v) is 5.39. The van der Waals surface area contributed by atoms with Gasteiger partial charge in [0.15, 0.2) is 0 Å². The molecule has 0 fully saturated rings. The molecule has 1 aromatic heterocycles. The van der Waals surface area contributed by atoms with Gasteiger partial charge in [-0.3, -0.25) is 4.68 Å². The first-order valence-electron chi connectivity index (χ1n) is 5.78. The van der Waals surface area contributed by atoms with Crippen molar-refractivity contribution in [1.82, 2.24) is 9.78 Å². The van der Waals surface area contributed by atoms with Crippen LogP contribution in [0.25, 0.3) is 0 Å². The van der Waals surface area contributed by atoms with E-state index in [9.17, 15) is 0 Å². The molecule has 2 aromatic rings. The van der Waals surface area contributed by atoms with E-state index in [0.717, 1.165) is 27.2 Å². The molecule has 0 aliphatic carbocycles. The lowest BCUT2D eigenvalue weighted by Crippen LogP contribution is -2.01. The number of anilines is 1. The van der Waals surface area contributed by atoms with Crippen molar-refractivity contribution < 1.29 is 4.74 Å². The molecule has 6 heteroatoms. The maximum absolute atomic E-state index is 6.19. The van der Waals surface area contributed by atoms with Crippen molar-refractivity contribution in [1.29, 1.82) is 0 Å². The molecule has 102 valence electrons. The summed E-state index contributed by atoms with van der Waals surface area (Å²) in [5.74, 6) is 0.791. The molecule has 0 spiro atoms. The predicted molar refractivity (Wildman–Crippen MR) is 81.0 cm³/mol. The Balaban J connectivity index is 2.14. The lowest BCUT2D eigenvalue weighted by atomic mass is 10.2. The number of aryl methyl sites for hydroxylation is 2. The van der Waals surface area contributed by atoms with Crippen molar-refractivity contribution in [2.45, 2.75) is 13.5 Å². The Morgan fingerprint density at radius 1 is 1.47 bits per heavy atom. The number of aromatic nitrogens is 2. The smallest absolute Gasteiger partial charge is 0.135 e. The van der Waals surface area contributed by atoms with Crippen LogP contribution >= 0.6 is 27.5 Å². The van der Waals surface area contributed by atoms with Crippen LogP contribution in [0.1, 0.15) is 11.3 Å². The topological polar surface area (TPSA) is 39.1 Å². The van der Waals surface area contributed by atoms with Gasteiger partial charge in [0.1, 0.15) is 10.9 Å². The van der Waals surface area contributed by atoms with Gasteiger partial charge in [-0.05, 0) is 35.0 Å². The summed E-state index contributed by atoms with van der Waals surface area (Å²) in [5.41, 5.74) is 2.91. The highest BCUT2D eigenvalue weighted by molar-refractivity contribution is 9.10. The van der Waals surface area contributed by atoms with E-state index >= 15 is 0 Å². The first-order valence-corrected chi connectivity index (χ1v) is 6.95. The Bertz CT molecular complexity index is 598. The number of nitrogens with zero attached hydrogens (tertiary/aromatic N) is 2. The van der Waals surface area contributed by atoms with Crippen LogP contribution in [0.15, 0.2) is 22.7 Å². The number of halogens is 2. The summed E-state index contributed by atoms with van der Waals surface area (Å²) in [6.07, 6.45) is 0. The van der Waals surface area contributed by atoms with Crippen molar-refractivity contribution in [3.63, 3.8) is 0 Å². The highest BCUT2D eigenvalue weighted by Crippen LogP contribution is 2.28. The Kier molecular flexibility index (Phi) is 4.37. The van der Waals surface area contributed by atoms with Crippen LogP contribution in [0.5, 0.6) is 5.75 Å². The number of hydrogen-bond acceptors (Lipinski definition) is 3. The summed E-state index contributed by atoms with van der Waals surface area (Å²) < 4.78 is 7.86. The minimum atomic E-state index is 0.628. The lowest BCUT2D eigenvalue weighted by Gasteiger charge is -2.09. The van der Waals surface area contributed by atoms with Crippen LogP contribution in [0, 0.1) is 6.92 Å². The second-order valence-electron chi connectivity index (χ2n) is 4.18. The van der Waals surface area contributed by atoms with Crippen molar-refractivity contribution in [2.75, 3.05) is 12.4 Å². The van der Waals surface area contributed by atoms with Crippen LogP contribution in [-0.4, -0.2) is 16.9 Å². The number of methoxy groups -OCH3 is 1. The van der Waals surface area contributed by atoms with Crippen LogP contribution in [-0.2, 0) is 13.6 Å². The van der Waals surface area contributed by atoms with Crippen molar-refractivity contribution in [3.8, 4) is 5.75 Å². The first-order chi connectivity index (χ1) is 9.02. The molecular formula is C13H15BrClN3O. The molecule has 0 saturated carbocycles. The predicted octanol–water partition coefficient (Wildman–Crippen LogP) is 3.77. The molecule has 4 nitrogen and oxygen atoms in total. The van der Waals surface area contributed by atoms with Crippen LogP contribution in [0.2, 0.25) is 5.15 Å². The van der Waals surface area contributed by atoms with Gasteiger partial charge in [-0.1, -0.05) is 11.6 Å². The molecule has 1 heterocycles. The standard InChI is InChI=1S/C13H15BrClN3O/c1-8-10(13(15)18(2)17-8)7-16-9-4-5-11(14)12(6-9)19-3/h4-6,16H,7H2,1-3H3. The molecule has 0 atom stereocenters. The van der Waals surface area contributed by atoms with E-state index in [2.05, 4.69) is 26.3 Å². The van der Waals surface area contributed by atoms with Gasteiger partial charge >= 0.3 is 0 Å². The fraction of sp³-hybridized carbons (Fsp3) is 0.308. The number of ether oxygens (including phenoxy) is 1. The Labute approximate surface area is 125 Å². The molecule has 0 aliphatic rings. The highest BCUT2D eigenvalue weighted by Gasteiger charge is 2.11. The van der Waals surface area contributed by atoms with Crippen LogP contribution < -0.4 is 10.1 Å². The average molecular weight is 345 g/mol. The van der Waals surface area contributed by atoms with E-state index in [1.165, 1.54) is 0 Å². The summed E-state index contributed by atoms with van der Waals surface area (Å²) in [6, 6.07) is 5.86. The second kappa shape index (κ2) is 5.84. The minimum absolute atomic E-state index is 0.628. The maximum atomic E-state index is 6.19. The Morgan fingerprint density at radius 2 is 2.21 bits per heavy atom. The number of hydrogen-bond donors (Lipinski definition) is 1. The summed E-state index contributed by atoms with van der Waals surface area (Å²) in [4.78, 5) is 0. The number of nitrogens with one attached hydrogen (secondary N) is 1. The van der Waals surface area contributed by atoms with Gasteiger partial charge in [0, 0.05) is 30.9 Å². The zero-order chi connectivity index (χ0) is 14.0. The molecule has 1 N–H and O–H groups in total. The molecule has 1 aromatic carbocycles. The Morgan fingerprint density at radius 3 is 2.79 bits per heavy atom. The summed E-state index contributed by atoms with van der Waals surface area (Å²) >= 11 is 9.62. The Hall–Kier alpha value is -1.20. The van der Waals surface area contributed by atoms with E-state index in [-0.39, 0.29) is 0 Å². The molecular weight excluding hydrogens is 330 g/mol. The fourth-order valence-electron chi connectivity index (χ4n) is 1.83. The summed E-state index contributed by atoms with van der Waals surface area (Å²) in [6.45, 7) is 2.58. The van der Waals surface area contributed by atoms with E-state index in [1.807, 2.05) is 32.2 Å². The molecule has 0 bridgehead atoms. The highest BCUT2D eigenvalue weighted by atomic mass is 79.9. The maximum Gasteiger partial charge on any atom is 0.135 e. The van der Waals surface area contributed by atoms with E-state index in [0.29, 0.717) is 11.7 Å². The summed E-state index contributed by atoms with van der Waals surface area (Å²) in [7, 11) is 3.48. The third-order valence-corrected chi connectivity index (χ3v) is 4.02. The molecule has 0 amide bonds. The molecule has 0 saturated heterocycles. The van der Waals surface area contributed by atoms with Gasteiger partial charge in [-0.15, -0.1) is 0 Å². The van der Waals surface area contributed by atoms with E-state index < -0.39 is 0 Å². The lowest BCUT2D eigenvalue weighted by molar-refractivity contribution is 0.412. The molecule has 19 heavy (non-hydrogen) atoms. The quantitative estimate of drug-likeness (QED) is 0.918. The van der Waals surface area contributed by atoms with Gasteiger partial charge in [-0.2, -0.15) is 5.10 Å². The molecule has 0 radical (unpaired) electrons. The van der Waals surface area contributed by atoms with Crippen molar-refractivity contribution in [2.24, 2.45) is 7.05 Å². The van der Waals surface area contributed by atoms with Gasteiger partial charge in [0.05, 0.1) is 17.3 Å². The van der Waals surface area contributed by atoms with Crippen LogP contribution in [0.4, 0.5) is 5.69 Å². The number of rotatable bonds is 4. The van der Waals surface area contributed by atoms with Gasteiger partial charge in [0.2, 0.25) is 0 Å². The van der Waals surface area contributed by atoms with Crippen molar-refractivity contribution in [3.05, 3.63) is 39.1 Å². The largest absolute Gasteiger partial charge is 0.495 e. The molecule has 0 unspecified atom stereocenters. The normalized spacial score (nSPS) is 10.6. The van der Waals surface area contributed by atoms with Crippen molar-refractivity contribution >= 4 is 33.2 Å². The summed E-state index contributed by atoms with van der Waals surface area (Å²) in [5, 5.41) is 8.26. The minimum Gasteiger partial charge on any atom is -0.495 e. The SMILES string of the molecule is COc1cc(NCc2c(C)nn(C)c2Cl)ccc1Br. The zero-order valence-corrected chi connectivity index (χ0v) is 13.3. The number of benzene rings is 1. The van der Waals surface area contributed by atoms with Gasteiger partial charge in [-0.25, -0.2) is 0 Å². The third kappa shape index (κ3) is 3.04. The van der Waals surface area contributed by atoms with Gasteiger partial charge < -0.3 is 10.1 Å². The molecule has 2 rings (SSSR count). The molecule has 0 aliphatic heterocycles. The fourth-order valence-corrected chi connectivity index (χ4v) is 2.48. The van der Waals surface area contributed by atoms with Gasteiger partial charge in [0.25, 0.3) is 0 Å². The average Bonchev–Trinajstić information content (AvgIpc) is 2.63. The first kappa shape index (κ1) is 14.2.